The van der Waals surface area contributed by atoms with Crippen LogP contribution in [0.4, 0.5) is 4.79 Å². The molecule has 3 N–H and O–H groups in total. The Morgan fingerprint density at radius 2 is 1.91 bits per heavy atom. The molecule has 0 fully saturated rings. The summed E-state index contributed by atoms with van der Waals surface area (Å²) in [5, 5.41) is 1.72. The van der Waals surface area contributed by atoms with Crippen molar-refractivity contribution in [2.24, 2.45) is 11.7 Å². The summed E-state index contributed by atoms with van der Waals surface area (Å²) in [6, 6.07) is 4.74. The molecule has 3 amide bonds. The number of hydrogen-bond acceptors (Lipinski definition) is 5. The van der Waals surface area contributed by atoms with Crippen molar-refractivity contribution in [2.75, 3.05) is 13.2 Å². The van der Waals surface area contributed by atoms with Gasteiger partial charge in [-0.1, -0.05) is 13.8 Å². The van der Waals surface area contributed by atoms with Gasteiger partial charge in [-0.25, -0.2) is 4.79 Å². The first-order valence-corrected chi connectivity index (χ1v) is 8.02. The lowest BCUT2D eigenvalue weighted by molar-refractivity contribution is -0.120. The Labute approximate surface area is 133 Å². The highest BCUT2D eigenvalue weighted by atomic mass is 32.2. The number of urea groups is 1. The van der Waals surface area contributed by atoms with E-state index in [9.17, 15) is 9.59 Å². The molecule has 7 heteroatoms. The molecule has 1 atom stereocenters. The highest BCUT2D eigenvalue weighted by Crippen LogP contribution is 2.36. The summed E-state index contributed by atoms with van der Waals surface area (Å²) in [7, 11) is 0. The number of amides is 3. The van der Waals surface area contributed by atoms with Gasteiger partial charge in [-0.15, -0.1) is 11.8 Å². The van der Waals surface area contributed by atoms with Crippen LogP contribution >= 0.6 is 11.8 Å². The highest BCUT2D eigenvalue weighted by molar-refractivity contribution is 8.00. The van der Waals surface area contributed by atoms with E-state index in [0.717, 1.165) is 11.3 Å². The number of imide groups is 1. The lowest BCUT2D eigenvalue weighted by Gasteiger charge is -2.19. The number of hydrogen-bond donors (Lipinski definition) is 2. The molecule has 1 aliphatic heterocycles. The van der Waals surface area contributed by atoms with Gasteiger partial charge >= 0.3 is 6.03 Å². The van der Waals surface area contributed by atoms with Crippen molar-refractivity contribution in [2.45, 2.75) is 30.4 Å². The smallest absolute Gasteiger partial charge is 0.318 e. The molecule has 0 spiro atoms. The Morgan fingerprint density at radius 3 is 2.55 bits per heavy atom. The molecule has 0 saturated carbocycles. The van der Waals surface area contributed by atoms with Gasteiger partial charge in [0.1, 0.15) is 0 Å². The van der Waals surface area contributed by atoms with Gasteiger partial charge in [0.15, 0.2) is 11.5 Å². The summed E-state index contributed by atoms with van der Waals surface area (Å²) in [6.45, 7) is 5.08. The van der Waals surface area contributed by atoms with Crippen molar-refractivity contribution in [1.29, 1.82) is 0 Å². The standard InChI is InChI=1S/C15H20N2O4S/c1-9(2)13(14(18)17-15(16)19)22-10-4-5-11-12(8-10)21-7-3-6-20-11/h4-5,8-9,13H,3,6-7H2,1-2H3,(H3,16,17,18,19)/t13-/m0/s1. The van der Waals surface area contributed by atoms with Crippen LogP contribution in [0, 0.1) is 5.92 Å². The number of carbonyl (C=O) groups is 2. The second kappa shape index (κ2) is 7.40. The van der Waals surface area contributed by atoms with Crippen LogP contribution in [0.1, 0.15) is 20.3 Å². The quantitative estimate of drug-likeness (QED) is 0.828. The Bertz CT molecular complexity index is 562. The average Bonchev–Trinajstić information content (AvgIpc) is 2.68. The Morgan fingerprint density at radius 1 is 1.23 bits per heavy atom. The maximum atomic E-state index is 12.1. The summed E-state index contributed by atoms with van der Waals surface area (Å²) in [4.78, 5) is 23.8. The molecule has 0 saturated heterocycles. The number of primary amides is 1. The van der Waals surface area contributed by atoms with Crippen LogP contribution in [0.25, 0.3) is 0 Å². The normalized spacial score (nSPS) is 15.0. The van der Waals surface area contributed by atoms with Gasteiger partial charge in [-0.3, -0.25) is 10.1 Å². The number of benzene rings is 1. The molecule has 1 aliphatic rings. The molecule has 0 aliphatic carbocycles. The largest absolute Gasteiger partial charge is 0.490 e. The number of carbonyl (C=O) groups excluding carboxylic acids is 2. The molecule has 1 aromatic carbocycles. The molecule has 6 nitrogen and oxygen atoms in total. The summed E-state index contributed by atoms with van der Waals surface area (Å²) in [5.74, 6) is 1.05. The summed E-state index contributed by atoms with van der Waals surface area (Å²) in [5.41, 5.74) is 5.02. The van der Waals surface area contributed by atoms with Crippen molar-refractivity contribution in [1.82, 2.24) is 5.32 Å². The zero-order valence-corrected chi connectivity index (χ0v) is 13.4. The average molecular weight is 324 g/mol. The number of rotatable bonds is 4. The van der Waals surface area contributed by atoms with E-state index in [2.05, 4.69) is 5.32 Å². The molecule has 22 heavy (non-hydrogen) atoms. The predicted octanol–water partition coefficient (Wildman–Crippen LogP) is 2.16. The van der Waals surface area contributed by atoms with Crippen LogP contribution in [-0.2, 0) is 4.79 Å². The predicted molar refractivity (Wildman–Crippen MR) is 84.3 cm³/mol. The van der Waals surface area contributed by atoms with E-state index in [1.807, 2.05) is 32.0 Å². The monoisotopic (exact) mass is 324 g/mol. The SMILES string of the molecule is CC(C)[C@H](Sc1ccc2c(c1)OCCCO2)C(=O)NC(N)=O. The fourth-order valence-corrected chi connectivity index (χ4v) is 3.10. The first-order valence-electron chi connectivity index (χ1n) is 7.14. The molecule has 0 bridgehead atoms. The lowest BCUT2D eigenvalue weighted by atomic mass is 10.1. The van der Waals surface area contributed by atoms with Gasteiger partial charge in [0.25, 0.3) is 0 Å². The molecular weight excluding hydrogens is 304 g/mol. The van der Waals surface area contributed by atoms with Crippen molar-refractivity contribution in [3.63, 3.8) is 0 Å². The summed E-state index contributed by atoms with van der Waals surface area (Å²) < 4.78 is 11.2. The molecule has 120 valence electrons. The van der Waals surface area contributed by atoms with E-state index in [1.54, 1.807) is 0 Å². The third-order valence-corrected chi connectivity index (χ3v) is 4.63. The minimum absolute atomic E-state index is 0.0420. The second-order valence-electron chi connectivity index (χ2n) is 5.29. The zero-order chi connectivity index (χ0) is 16.1. The third kappa shape index (κ3) is 4.30. The number of nitrogens with one attached hydrogen (secondary N) is 1. The molecule has 1 aromatic rings. The number of nitrogens with two attached hydrogens (primary N) is 1. The first kappa shape index (κ1) is 16.5. The summed E-state index contributed by atoms with van der Waals surface area (Å²) in [6.07, 6.45) is 0.840. The van der Waals surface area contributed by atoms with Crippen LogP contribution in [0.3, 0.4) is 0 Å². The first-order chi connectivity index (χ1) is 10.5. The molecule has 0 unspecified atom stereocenters. The van der Waals surface area contributed by atoms with E-state index in [0.29, 0.717) is 24.7 Å². The van der Waals surface area contributed by atoms with Gasteiger partial charge in [-0.2, -0.15) is 0 Å². The topological polar surface area (TPSA) is 90.7 Å². The number of ether oxygens (including phenoxy) is 2. The fraction of sp³-hybridized carbons (Fsp3) is 0.467. The van der Waals surface area contributed by atoms with Crippen molar-refractivity contribution >= 4 is 23.7 Å². The van der Waals surface area contributed by atoms with E-state index < -0.39 is 11.3 Å². The van der Waals surface area contributed by atoms with Crippen LogP contribution in [-0.4, -0.2) is 30.4 Å². The van der Waals surface area contributed by atoms with Gasteiger partial charge < -0.3 is 15.2 Å². The second-order valence-corrected chi connectivity index (χ2v) is 6.51. The number of fused-ring (bicyclic) bond motifs is 1. The Kier molecular flexibility index (Phi) is 5.54. The van der Waals surface area contributed by atoms with Crippen molar-refractivity contribution in [3.8, 4) is 11.5 Å². The van der Waals surface area contributed by atoms with Crippen LogP contribution in [0.15, 0.2) is 23.1 Å². The van der Waals surface area contributed by atoms with Gasteiger partial charge in [0.2, 0.25) is 5.91 Å². The van der Waals surface area contributed by atoms with E-state index in [4.69, 9.17) is 15.2 Å². The van der Waals surface area contributed by atoms with Gasteiger partial charge in [0.05, 0.1) is 18.5 Å². The van der Waals surface area contributed by atoms with Crippen molar-refractivity contribution < 1.29 is 19.1 Å². The molecule has 0 aromatic heterocycles. The lowest BCUT2D eigenvalue weighted by Crippen LogP contribution is -2.42. The molecular formula is C15H20N2O4S. The van der Waals surface area contributed by atoms with Crippen LogP contribution < -0.4 is 20.5 Å². The maximum absolute atomic E-state index is 12.1. The maximum Gasteiger partial charge on any atom is 0.318 e. The fourth-order valence-electron chi connectivity index (χ4n) is 2.05. The molecule has 2 rings (SSSR count). The third-order valence-electron chi connectivity index (χ3n) is 3.09. The van der Waals surface area contributed by atoms with Crippen molar-refractivity contribution in [3.05, 3.63) is 18.2 Å². The van der Waals surface area contributed by atoms with E-state index in [-0.39, 0.29) is 11.8 Å². The Hall–Kier alpha value is -1.89. The Balaban J connectivity index is 2.14. The summed E-state index contributed by atoms with van der Waals surface area (Å²) >= 11 is 1.37. The van der Waals surface area contributed by atoms with E-state index >= 15 is 0 Å². The number of thioether (sulfide) groups is 1. The minimum Gasteiger partial charge on any atom is -0.490 e. The minimum atomic E-state index is -0.838. The molecule has 1 heterocycles. The van der Waals surface area contributed by atoms with Crippen LogP contribution in [0.5, 0.6) is 11.5 Å². The van der Waals surface area contributed by atoms with E-state index in [1.165, 1.54) is 11.8 Å². The van der Waals surface area contributed by atoms with Crippen LogP contribution in [0.2, 0.25) is 0 Å². The zero-order valence-electron chi connectivity index (χ0n) is 12.6. The highest BCUT2D eigenvalue weighted by Gasteiger charge is 2.25. The van der Waals surface area contributed by atoms with Gasteiger partial charge in [0, 0.05) is 11.3 Å². The molecule has 0 radical (unpaired) electrons. The van der Waals surface area contributed by atoms with Gasteiger partial charge in [-0.05, 0) is 24.1 Å².